The molecule has 0 spiro atoms. The first kappa shape index (κ1) is 23.6. The topological polar surface area (TPSA) is 84.7 Å². The number of aromatic nitrogens is 2. The normalized spacial score (nSPS) is 16.2. The highest BCUT2D eigenvalue weighted by atomic mass is 19.1. The number of carbonyl (C=O) groups is 2. The number of rotatable bonds is 7. The highest BCUT2D eigenvalue weighted by molar-refractivity contribution is 6.05. The molecule has 3 aromatic rings. The number of amides is 1. The van der Waals surface area contributed by atoms with Gasteiger partial charge in [0.25, 0.3) is 0 Å². The highest BCUT2D eigenvalue weighted by Gasteiger charge is 2.34. The molecule has 0 fully saturated rings. The summed E-state index contributed by atoms with van der Waals surface area (Å²) in [6, 6.07) is 11.5. The quantitative estimate of drug-likeness (QED) is 0.557. The second-order valence-electron chi connectivity index (χ2n) is 8.33. The molecule has 178 valence electrons. The van der Waals surface area contributed by atoms with E-state index in [0.717, 1.165) is 0 Å². The molecule has 1 amide bonds. The van der Waals surface area contributed by atoms with E-state index in [4.69, 9.17) is 4.74 Å². The van der Waals surface area contributed by atoms with Crippen molar-refractivity contribution in [3.8, 4) is 11.8 Å². The maximum Gasteiger partial charge on any atom is 0.304 e. The van der Waals surface area contributed by atoms with Gasteiger partial charge >= 0.3 is 6.01 Å². The first-order chi connectivity index (χ1) is 16.4. The second-order valence-corrected chi connectivity index (χ2v) is 8.33. The minimum atomic E-state index is -0.605. The van der Waals surface area contributed by atoms with Crippen LogP contribution < -0.4 is 9.64 Å². The molecule has 1 unspecified atom stereocenters. The van der Waals surface area contributed by atoms with Gasteiger partial charge in [0.1, 0.15) is 11.5 Å². The van der Waals surface area contributed by atoms with Gasteiger partial charge in [-0.2, -0.15) is 4.98 Å². The molecule has 2 aromatic carbocycles. The van der Waals surface area contributed by atoms with Gasteiger partial charge in [0, 0.05) is 26.5 Å². The molecule has 7 nitrogen and oxygen atoms in total. The lowest BCUT2D eigenvalue weighted by atomic mass is 9.91. The van der Waals surface area contributed by atoms with E-state index < -0.39 is 11.6 Å². The van der Waals surface area contributed by atoms with Crippen LogP contribution in [0.5, 0.6) is 11.8 Å². The molecule has 0 bridgehead atoms. The van der Waals surface area contributed by atoms with Gasteiger partial charge < -0.3 is 9.84 Å². The summed E-state index contributed by atoms with van der Waals surface area (Å²) in [5, 5.41) is 9.19. The van der Waals surface area contributed by atoms with Gasteiger partial charge in [-0.25, -0.2) is 8.78 Å². The lowest BCUT2D eigenvalue weighted by molar-refractivity contribution is -0.119. The first-order valence-corrected chi connectivity index (χ1v) is 11.0. The van der Waals surface area contributed by atoms with E-state index in [-0.39, 0.29) is 66.9 Å². The molecular formula is C25H25F2N3O4. The van der Waals surface area contributed by atoms with Crippen molar-refractivity contribution in [2.75, 3.05) is 18.6 Å². The Morgan fingerprint density at radius 3 is 2.53 bits per heavy atom. The van der Waals surface area contributed by atoms with E-state index in [2.05, 4.69) is 4.98 Å². The Balaban J connectivity index is 1.81. The molecule has 1 N–H and O–H groups in total. The number of nitrogens with zero attached hydrogens (tertiary/aromatic N) is 3. The number of halogens is 2. The fraction of sp³-hybridized carbons (Fsp3) is 0.320. The van der Waals surface area contributed by atoms with E-state index in [9.17, 15) is 23.5 Å². The first-order valence-electron chi connectivity index (χ1n) is 11.0. The monoisotopic (exact) mass is 469 g/mol. The zero-order chi connectivity index (χ0) is 24.2. The van der Waals surface area contributed by atoms with Gasteiger partial charge in [-0.05, 0) is 48.6 Å². The zero-order valence-corrected chi connectivity index (χ0v) is 18.7. The Morgan fingerprint density at radius 2 is 1.82 bits per heavy atom. The summed E-state index contributed by atoms with van der Waals surface area (Å²) in [4.78, 5) is 32.1. The summed E-state index contributed by atoms with van der Waals surface area (Å²) in [7, 11) is 1.53. The number of anilines is 1. The van der Waals surface area contributed by atoms with Crippen molar-refractivity contribution in [2.24, 2.45) is 5.92 Å². The molecule has 1 atom stereocenters. The van der Waals surface area contributed by atoms with Gasteiger partial charge in [-0.3, -0.25) is 19.1 Å². The molecule has 0 saturated heterocycles. The van der Waals surface area contributed by atoms with Crippen molar-refractivity contribution >= 4 is 17.5 Å². The summed E-state index contributed by atoms with van der Waals surface area (Å²) in [5.41, 5.74) is 0.834. The fourth-order valence-electron chi connectivity index (χ4n) is 4.07. The molecule has 1 aliphatic rings. The third kappa shape index (κ3) is 4.99. The number of Topliss-reactive ketones (excluding diaryl/α,β-unsaturated/α-hetero) is 1. The number of fused-ring (bicyclic) bond motifs is 1. The number of carbonyl (C=O) groups excluding carboxylic acids is 2. The van der Waals surface area contributed by atoms with Crippen LogP contribution in [0.1, 0.15) is 41.7 Å². The van der Waals surface area contributed by atoms with Crippen LogP contribution >= 0.6 is 0 Å². The van der Waals surface area contributed by atoms with Crippen molar-refractivity contribution in [3.63, 3.8) is 0 Å². The van der Waals surface area contributed by atoms with E-state index >= 15 is 0 Å². The van der Waals surface area contributed by atoms with Gasteiger partial charge in [0.2, 0.25) is 5.91 Å². The maximum absolute atomic E-state index is 14.3. The predicted octanol–water partition coefficient (Wildman–Crippen LogP) is 4.33. The van der Waals surface area contributed by atoms with Crippen molar-refractivity contribution in [2.45, 2.75) is 32.2 Å². The minimum Gasteiger partial charge on any atom is -0.422 e. The Labute approximate surface area is 195 Å². The zero-order valence-electron chi connectivity index (χ0n) is 18.7. The molecule has 34 heavy (non-hydrogen) atoms. The highest BCUT2D eigenvalue weighted by Crippen LogP contribution is 2.35. The number of hydrogen-bond donors (Lipinski definition) is 1. The van der Waals surface area contributed by atoms with E-state index in [0.29, 0.717) is 18.4 Å². The smallest absolute Gasteiger partial charge is 0.304 e. The molecule has 9 heteroatoms. The fourth-order valence-corrected chi connectivity index (χ4v) is 4.07. The number of aliphatic hydroxyl groups excluding tert-OH is 1. The van der Waals surface area contributed by atoms with E-state index in [1.54, 1.807) is 18.2 Å². The number of para-hydroxylation sites is 1. The van der Waals surface area contributed by atoms with Crippen molar-refractivity contribution in [1.82, 2.24) is 9.55 Å². The van der Waals surface area contributed by atoms with Crippen LogP contribution in [0.25, 0.3) is 0 Å². The van der Waals surface area contributed by atoms with E-state index in [1.807, 2.05) is 0 Å². The number of benzene rings is 2. The average Bonchev–Trinajstić information content (AvgIpc) is 3.16. The van der Waals surface area contributed by atoms with Crippen LogP contribution in [0, 0.1) is 17.6 Å². The lowest BCUT2D eigenvalue weighted by Crippen LogP contribution is -2.33. The Morgan fingerprint density at radius 1 is 1.09 bits per heavy atom. The van der Waals surface area contributed by atoms with Crippen LogP contribution in [0.3, 0.4) is 0 Å². The molecule has 2 heterocycles. The molecular weight excluding hydrogens is 444 g/mol. The summed E-state index contributed by atoms with van der Waals surface area (Å²) < 4.78 is 35.0. The number of imidazole rings is 1. The number of ether oxygens (including phenoxy) is 1. The molecule has 4 rings (SSSR count). The Kier molecular flexibility index (Phi) is 7.02. The number of ketones is 1. The Hall–Kier alpha value is -3.59. The van der Waals surface area contributed by atoms with Crippen molar-refractivity contribution in [1.29, 1.82) is 0 Å². The lowest BCUT2D eigenvalue weighted by Gasteiger charge is -2.24. The standard InChI is InChI=1S/C25H25F2N3O4/c1-29-22(33)14-17(5-4-12-31)13-20(32)23-24(29)28-25(34-21-7-3-2-6-19(21)27)30(23)15-16-8-10-18(26)11-9-16/h2-3,6-11,17,31H,4-5,12-15H2,1H3. The minimum absolute atomic E-state index is 0.0247. The van der Waals surface area contributed by atoms with Gasteiger partial charge in [-0.1, -0.05) is 24.3 Å². The largest absolute Gasteiger partial charge is 0.422 e. The molecule has 1 aromatic heterocycles. The summed E-state index contributed by atoms with van der Waals surface area (Å²) in [5.74, 6) is -1.65. The second kappa shape index (κ2) is 10.1. The third-order valence-electron chi connectivity index (χ3n) is 5.87. The average molecular weight is 469 g/mol. The molecule has 0 aliphatic carbocycles. The van der Waals surface area contributed by atoms with Crippen LogP contribution in [-0.2, 0) is 11.3 Å². The van der Waals surface area contributed by atoms with Gasteiger partial charge in [0.15, 0.2) is 23.2 Å². The van der Waals surface area contributed by atoms with Crippen molar-refractivity contribution < 1.29 is 28.2 Å². The summed E-state index contributed by atoms with van der Waals surface area (Å²) >= 11 is 0. The SMILES string of the molecule is CN1C(=O)CC(CCCO)CC(=O)c2c1nc(Oc1ccccc1F)n2Cc1ccc(F)cc1. The van der Waals surface area contributed by atoms with Crippen molar-refractivity contribution in [3.05, 3.63) is 71.4 Å². The number of hydrogen-bond acceptors (Lipinski definition) is 5. The van der Waals surface area contributed by atoms with Crippen LogP contribution in [0.2, 0.25) is 0 Å². The molecule has 1 aliphatic heterocycles. The number of aliphatic hydroxyl groups is 1. The van der Waals surface area contributed by atoms with E-state index in [1.165, 1.54) is 46.8 Å². The molecule has 0 radical (unpaired) electrons. The van der Waals surface area contributed by atoms with Crippen LogP contribution in [-0.4, -0.2) is 40.0 Å². The molecule has 0 saturated carbocycles. The predicted molar refractivity (Wildman–Crippen MR) is 121 cm³/mol. The Bertz CT molecular complexity index is 1190. The maximum atomic E-state index is 14.3. The van der Waals surface area contributed by atoms with Gasteiger partial charge in [-0.15, -0.1) is 0 Å². The third-order valence-corrected chi connectivity index (χ3v) is 5.87. The van der Waals surface area contributed by atoms with Crippen LogP contribution in [0.15, 0.2) is 48.5 Å². The van der Waals surface area contributed by atoms with Gasteiger partial charge in [0.05, 0.1) is 6.54 Å². The summed E-state index contributed by atoms with van der Waals surface area (Å²) in [6.45, 7) is 0.0740. The van der Waals surface area contributed by atoms with Crippen LogP contribution in [0.4, 0.5) is 14.6 Å². The summed E-state index contributed by atoms with van der Waals surface area (Å²) in [6.07, 6.45) is 1.26.